The Kier molecular flexibility index (Phi) is 3.43. The summed E-state index contributed by atoms with van der Waals surface area (Å²) in [7, 11) is -3.72. The van der Waals surface area contributed by atoms with Crippen LogP contribution in [-0.2, 0) is 10.0 Å². The monoisotopic (exact) mass is 282 g/mol. The molecule has 2 rings (SSSR count). The van der Waals surface area contributed by atoms with Crippen LogP contribution in [0.3, 0.4) is 0 Å². The summed E-state index contributed by atoms with van der Waals surface area (Å²) in [5, 5.41) is 8.38. The van der Waals surface area contributed by atoms with Crippen LogP contribution in [0.5, 0.6) is 0 Å². The molecular weight excluding hydrogens is 268 g/mol. The number of hydrogen-bond acceptors (Lipinski definition) is 4. The molecule has 6 heteroatoms. The van der Waals surface area contributed by atoms with Gasteiger partial charge in [-0.3, -0.25) is 0 Å². The molecular formula is C12H14N2O2S2. The molecule has 0 aliphatic carbocycles. The van der Waals surface area contributed by atoms with Crippen LogP contribution in [0.1, 0.15) is 9.75 Å². The number of anilines is 2. The van der Waals surface area contributed by atoms with Gasteiger partial charge in [0.1, 0.15) is 4.90 Å². The molecule has 0 aliphatic rings. The Balaban J connectivity index is 2.52. The van der Waals surface area contributed by atoms with Crippen molar-refractivity contribution in [3.63, 3.8) is 0 Å². The number of primary sulfonamides is 1. The van der Waals surface area contributed by atoms with Gasteiger partial charge >= 0.3 is 0 Å². The molecule has 1 aromatic heterocycles. The molecule has 0 unspecified atom stereocenters. The van der Waals surface area contributed by atoms with Crippen molar-refractivity contribution in [3.8, 4) is 0 Å². The lowest BCUT2D eigenvalue weighted by Crippen LogP contribution is -2.14. The van der Waals surface area contributed by atoms with E-state index >= 15 is 0 Å². The maximum absolute atomic E-state index is 11.6. The molecule has 1 aromatic carbocycles. The molecule has 0 saturated carbocycles. The van der Waals surface area contributed by atoms with Crippen LogP contribution in [0, 0.1) is 13.8 Å². The minimum Gasteiger partial charge on any atom is -0.354 e. The van der Waals surface area contributed by atoms with Crippen molar-refractivity contribution in [2.24, 2.45) is 5.14 Å². The van der Waals surface area contributed by atoms with Crippen molar-refractivity contribution in [2.75, 3.05) is 5.32 Å². The summed E-state index contributed by atoms with van der Waals surface area (Å²) in [6.07, 6.45) is 0. The maximum Gasteiger partial charge on any atom is 0.241 e. The van der Waals surface area contributed by atoms with Crippen molar-refractivity contribution in [2.45, 2.75) is 18.7 Å². The third-order valence-corrected chi connectivity index (χ3v) is 4.76. The molecule has 0 radical (unpaired) electrons. The van der Waals surface area contributed by atoms with E-state index in [0.717, 1.165) is 10.6 Å². The molecule has 4 nitrogen and oxygen atoms in total. The Bertz CT molecular complexity index is 661. The number of nitrogens with one attached hydrogen (secondary N) is 1. The van der Waals surface area contributed by atoms with Crippen LogP contribution >= 0.6 is 11.3 Å². The fourth-order valence-electron chi connectivity index (χ4n) is 1.82. The number of hydrogen-bond donors (Lipinski definition) is 2. The van der Waals surface area contributed by atoms with Crippen LogP contribution in [0.2, 0.25) is 0 Å². The first-order valence-corrected chi connectivity index (χ1v) is 7.70. The van der Waals surface area contributed by atoms with Crippen molar-refractivity contribution >= 4 is 32.7 Å². The standard InChI is InChI=1S/C12H14N2O2S2/c1-8-11(14-10-6-4-3-5-7-10)12(9(2)17-8)18(13,15)16/h3-7,14H,1-2H3,(H2,13,15,16). The number of thiophene rings is 1. The van der Waals surface area contributed by atoms with Gasteiger partial charge in [-0.05, 0) is 26.0 Å². The SMILES string of the molecule is Cc1sc(C)c(S(N)(=O)=O)c1Nc1ccccc1. The third kappa shape index (κ3) is 2.55. The van der Waals surface area contributed by atoms with Gasteiger partial charge in [-0.2, -0.15) is 0 Å². The van der Waals surface area contributed by atoms with E-state index in [-0.39, 0.29) is 4.90 Å². The number of sulfonamides is 1. The zero-order valence-corrected chi connectivity index (χ0v) is 11.7. The van der Waals surface area contributed by atoms with Crippen LogP contribution in [0.4, 0.5) is 11.4 Å². The summed E-state index contributed by atoms with van der Waals surface area (Å²) in [5.41, 5.74) is 1.41. The molecule has 0 fully saturated rings. The van der Waals surface area contributed by atoms with E-state index in [1.165, 1.54) is 11.3 Å². The highest BCUT2D eigenvalue weighted by Crippen LogP contribution is 2.36. The number of para-hydroxylation sites is 1. The lowest BCUT2D eigenvalue weighted by atomic mass is 10.3. The highest BCUT2D eigenvalue weighted by Gasteiger charge is 2.22. The second-order valence-electron chi connectivity index (χ2n) is 3.95. The Morgan fingerprint density at radius 2 is 1.72 bits per heavy atom. The van der Waals surface area contributed by atoms with Crippen LogP contribution in [-0.4, -0.2) is 8.42 Å². The second kappa shape index (κ2) is 4.72. The van der Waals surface area contributed by atoms with Gasteiger partial charge in [0.05, 0.1) is 5.69 Å². The second-order valence-corrected chi connectivity index (χ2v) is 6.88. The average molecular weight is 282 g/mol. The van der Waals surface area contributed by atoms with E-state index in [0.29, 0.717) is 10.6 Å². The fourth-order valence-corrected chi connectivity index (χ4v) is 4.15. The molecule has 0 aliphatic heterocycles. The molecule has 96 valence electrons. The molecule has 0 saturated heterocycles. The zero-order chi connectivity index (χ0) is 13.3. The topological polar surface area (TPSA) is 72.2 Å². The fraction of sp³-hybridized carbons (Fsp3) is 0.167. The minimum atomic E-state index is -3.72. The van der Waals surface area contributed by atoms with E-state index in [4.69, 9.17) is 5.14 Å². The Morgan fingerprint density at radius 3 is 2.28 bits per heavy atom. The van der Waals surface area contributed by atoms with Crippen molar-refractivity contribution in [3.05, 3.63) is 40.1 Å². The van der Waals surface area contributed by atoms with E-state index in [1.807, 2.05) is 37.3 Å². The number of aryl methyl sites for hydroxylation is 2. The Labute approximate surface area is 111 Å². The van der Waals surface area contributed by atoms with Gasteiger partial charge in [0.2, 0.25) is 10.0 Å². The summed E-state index contributed by atoms with van der Waals surface area (Å²) in [6.45, 7) is 3.63. The largest absolute Gasteiger partial charge is 0.354 e. The van der Waals surface area contributed by atoms with E-state index in [1.54, 1.807) is 6.92 Å². The van der Waals surface area contributed by atoms with E-state index < -0.39 is 10.0 Å². The number of benzene rings is 1. The van der Waals surface area contributed by atoms with Crippen molar-refractivity contribution in [1.82, 2.24) is 0 Å². The normalized spacial score (nSPS) is 11.5. The lowest BCUT2D eigenvalue weighted by molar-refractivity contribution is 0.598. The van der Waals surface area contributed by atoms with Crippen LogP contribution in [0.25, 0.3) is 0 Å². The van der Waals surface area contributed by atoms with Gasteiger partial charge in [0.25, 0.3) is 0 Å². The van der Waals surface area contributed by atoms with Gasteiger partial charge in [0.15, 0.2) is 0 Å². The number of rotatable bonds is 3. The van der Waals surface area contributed by atoms with Crippen molar-refractivity contribution in [1.29, 1.82) is 0 Å². The number of nitrogens with two attached hydrogens (primary N) is 1. The van der Waals surface area contributed by atoms with E-state index in [2.05, 4.69) is 5.32 Å². The first-order chi connectivity index (χ1) is 8.39. The Morgan fingerprint density at radius 1 is 1.11 bits per heavy atom. The zero-order valence-electron chi connectivity index (χ0n) is 10.1. The first-order valence-electron chi connectivity index (χ1n) is 5.34. The smallest absolute Gasteiger partial charge is 0.241 e. The molecule has 0 atom stereocenters. The van der Waals surface area contributed by atoms with E-state index in [9.17, 15) is 8.42 Å². The summed E-state index contributed by atoms with van der Waals surface area (Å²) in [4.78, 5) is 1.79. The average Bonchev–Trinajstić information content (AvgIpc) is 2.54. The predicted molar refractivity (Wildman–Crippen MR) is 74.9 cm³/mol. The van der Waals surface area contributed by atoms with Gasteiger partial charge < -0.3 is 5.32 Å². The highest BCUT2D eigenvalue weighted by molar-refractivity contribution is 7.89. The maximum atomic E-state index is 11.6. The summed E-state index contributed by atoms with van der Waals surface area (Å²) < 4.78 is 23.2. The first kappa shape index (κ1) is 13.1. The molecule has 18 heavy (non-hydrogen) atoms. The molecule has 1 heterocycles. The summed E-state index contributed by atoms with van der Waals surface area (Å²) >= 11 is 1.42. The lowest BCUT2D eigenvalue weighted by Gasteiger charge is -2.08. The minimum absolute atomic E-state index is 0.189. The summed E-state index contributed by atoms with van der Waals surface area (Å²) in [6, 6.07) is 9.41. The van der Waals surface area contributed by atoms with Gasteiger partial charge in [0, 0.05) is 15.4 Å². The quantitative estimate of drug-likeness (QED) is 0.909. The van der Waals surface area contributed by atoms with Crippen LogP contribution in [0.15, 0.2) is 35.2 Å². The van der Waals surface area contributed by atoms with Gasteiger partial charge in [-0.25, -0.2) is 13.6 Å². The highest BCUT2D eigenvalue weighted by atomic mass is 32.2. The molecule has 0 spiro atoms. The van der Waals surface area contributed by atoms with Gasteiger partial charge in [-0.15, -0.1) is 11.3 Å². The van der Waals surface area contributed by atoms with Crippen molar-refractivity contribution < 1.29 is 8.42 Å². The van der Waals surface area contributed by atoms with Gasteiger partial charge in [-0.1, -0.05) is 18.2 Å². The third-order valence-electron chi connectivity index (χ3n) is 2.53. The molecule has 2 aromatic rings. The predicted octanol–water partition coefficient (Wildman–Crippen LogP) is 2.76. The summed E-state index contributed by atoms with van der Waals surface area (Å²) in [5.74, 6) is 0. The molecule has 0 amide bonds. The molecule has 3 N–H and O–H groups in total. The Hall–Kier alpha value is -1.37. The van der Waals surface area contributed by atoms with Crippen LogP contribution < -0.4 is 10.5 Å². The molecule has 0 bridgehead atoms.